The third-order valence-corrected chi connectivity index (χ3v) is 4.50. The molecule has 0 bridgehead atoms. The highest BCUT2D eigenvalue weighted by Gasteiger charge is 2.32. The van der Waals surface area contributed by atoms with Crippen LogP contribution in [0.3, 0.4) is 0 Å². The number of halogens is 3. The molecular formula is C17H19F3N4O2. The summed E-state index contributed by atoms with van der Waals surface area (Å²) in [6.45, 7) is 1.45. The number of aromatic hydroxyl groups is 1. The van der Waals surface area contributed by atoms with Gasteiger partial charge < -0.3 is 15.5 Å². The normalized spacial score (nSPS) is 20.8. The first kappa shape index (κ1) is 18.4. The topological polar surface area (TPSA) is 91.2 Å². The summed E-state index contributed by atoms with van der Waals surface area (Å²) in [6.07, 6.45) is -0.206. The first-order valence-electron chi connectivity index (χ1n) is 8.31. The van der Waals surface area contributed by atoms with Crippen LogP contribution in [-0.2, 0) is 6.18 Å². The van der Waals surface area contributed by atoms with Crippen LogP contribution >= 0.6 is 0 Å². The lowest BCUT2D eigenvalue weighted by Crippen LogP contribution is -2.36. The Kier molecular flexibility index (Phi) is 4.99. The van der Waals surface area contributed by atoms with E-state index in [0.717, 1.165) is 25.3 Å². The Balaban J connectivity index is 1.82. The molecule has 0 unspecified atom stereocenters. The Morgan fingerprint density at radius 2 is 1.88 bits per heavy atom. The first-order valence-corrected chi connectivity index (χ1v) is 8.31. The summed E-state index contributed by atoms with van der Waals surface area (Å²) in [7, 11) is 0. The Morgan fingerprint density at radius 1 is 1.15 bits per heavy atom. The lowest BCUT2D eigenvalue weighted by molar-refractivity contribution is -0.137. The molecule has 1 aromatic carbocycles. The number of aliphatic hydroxyl groups is 1. The van der Waals surface area contributed by atoms with Crippen LogP contribution in [0.25, 0.3) is 11.3 Å². The van der Waals surface area contributed by atoms with Crippen molar-refractivity contribution in [2.45, 2.75) is 50.9 Å². The zero-order valence-electron chi connectivity index (χ0n) is 14.1. The molecular weight excluding hydrogens is 349 g/mol. The van der Waals surface area contributed by atoms with Crippen LogP contribution in [0.2, 0.25) is 0 Å². The van der Waals surface area contributed by atoms with Gasteiger partial charge in [0, 0.05) is 5.56 Å². The van der Waals surface area contributed by atoms with Crippen molar-refractivity contribution in [3.63, 3.8) is 0 Å². The van der Waals surface area contributed by atoms with E-state index in [0.29, 0.717) is 12.5 Å². The zero-order chi connectivity index (χ0) is 18.9. The molecule has 1 heterocycles. The molecule has 1 aliphatic carbocycles. The lowest BCUT2D eigenvalue weighted by Gasteiger charge is -2.28. The molecule has 26 heavy (non-hydrogen) atoms. The summed E-state index contributed by atoms with van der Waals surface area (Å²) in [4.78, 5) is 4.11. The Hall–Kier alpha value is -2.42. The molecule has 9 heteroatoms. The largest absolute Gasteiger partial charge is 0.507 e. The van der Waals surface area contributed by atoms with Gasteiger partial charge in [0.15, 0.2) is 0 Å². The summed E-state index contributed by atoms with van der Waals surface area (Å²) in [5.74, 6) is -0.305. The smallest absolute Gasteiger partial charge is 0.416 e. The number of rotatable bonds is 3. The van der Waals surface area contributed by atoms with Crippen molar-refractivity contribution in [3.8, 4) is 17.0 Å². The molecule has 0 saturated heterocycles. The number of hydrogen-bond donors (Lipinski definition) is 3. The van der Waals surface area contributed by atoms with Crippen molar-refractivity contribution in [2.75, 3.05) is 5.32 Å². The van der Waals surface area contributed by atoms with Gasteiger partial charge in [-0.25, -0.2) is 4.98 Å². The molecule has 0 radical (unpaired) electrons. The van der Waals surface area contributed by atoms with Crippen LogP contribution in [0.4, 0.5) is 19.1 Å². The maximum Gasteiger partial charge on any atom is 0.416 e. The fourth-order valence-electron chi connectivity index (χ4n) is 3.17. The number of phenols is 1. The number of nitrogens with one attached hydrogen (secondary N) is 1. The van der Waals surface area contributed by atoms with Gasteiger partial charge in [-0.3, -0.25) is 0 Å². The van der Waals surface area contributed by atoms with Gasteiger partial charge in [0.2, 0.25) is 5.95 Å². The van der Waals surface area contributed by atoms with E-state index in [4.69, 9.17) is 0 Å². The average Bonchev–Trinajstić information content (AvgIpc) is 2.57. The van der Waals surface area contributed by atoms with Gasteiger partial charge >= 0.3 is 6.18 Å². The second kappa shape index (κ2) is 7.06. The van der Waals surface area contributed by atoms with E-state index < -0.39 is 23.6 Å². The summed E-state index contributed by atoms with van der Waals surface area (Å²) in [5, 5.41) is 30.9. The lowest BCUT2D eigenvalue weighted by atomic mass is 9.93. The molecule has 2 aromatic rings. The van der Waals surface area contributed by atoms with Gasteiger partial charge in [-0.15, -0.1) is 10.2 Å². The quantitative estimate of drug-likeness (QED) is 0.770. The fourth-order valence-corrected chi connectivity index (χ4v) is 3.17. The van der Waals surface area contributed by atoms with Crippen molar-refractivity contribution < 1.29 is 23.4 Å². The minimum atomic E-state index is -4.54. The van der Waals surface area contributed by atoms with E-state index in [2.05, 4.69) is 20.5 Å². The molecule has 1 aliphatic rings. The number of anilines is 1. The number of benzene rings is 1. The number of aliphatic hydroxyl groups excluding tert-OH is 1. The van der Waals surface area contributed by atoms with Crippen LogP contribution in [0.15, 0.2) is 18.3 Å². The molecule has 1 saturated carbocycles. The third kappa shape index (κ3) is 3.87. The van der Waals surface area contributed by atoms with Crippen LogP contribution in [0, 0.1) is 6.92 Å². The van der Waals surface area contributed by atoms with Crippen molar-refractivity contribution in [1.82, 2.24) is 15.2 Å². The van der Waals surface area contributed by atoms with E-state index in [1.807, 2.05) is 0 Å². The number of hydrogen-bond acceptors (Lipinski definition) is 6. The standard InChI is InChI=1S/C17H19F3N4O2/c1-9-6-10(17(18,19)20)7-14(26)15(9)12-8-21-16(24-23-12)22-11-4-2-3-5-13(11)25/h6-8,11,13,25-26H,2-5H2,1H3,(H,21,22,24)/t11-,13-/m1/s1. The van der Waals surface area contributed by atoms with Crippen LogP contribution in [0.1, 0.15) is 36.8 Å². The fraction of sp³-hybridized carbons (Fsp3) is 0.471. The second-order valence-electron chi connectivity index (χ2n) is 6.45. The molecule has 0 aliphatic heterocycles. The van der Waals surface area contributed by atoms with Crippen LogP contribution in [0.5, 0.6) is 5.75 Å². The highest BCUT2D eigenvalue weighted by Crippen LogP contribution is 2.38. The first-order chi connectivity index (χ1) is 12.3. The minimum absolute atomic E-state index is 0.155. The zero-order valence-corrected chi connectivity index (χ0v) is 14.1. The van der Waals surface area contributed by atoms with E-state index in [-0.39, 0.29) is 28.8 Å². The summed E-state index contributed by atoms with van der Waals surface area (Å²) in [5.41, 5.74) is -0.385. The van der Waals surface area contributed by atoms with Gasteiger partial charge in [-0.2, -0.15) is 13.2 Å². The average molecular weight is 368 g/mol. The molecule has 3 rings (SSSR count). The SMILES string of the molecule is Cc1cc(C(F)(F)F)cc(O)c1-c1cnc(N[C@@H]2CCCC[C@H]2O)nn1. The number of nitrogens with zero attached hydrogens (tertiary/aromatic N) is 3. The Bertz CT molecular complexity index is 758. The third-order valence-electron chi connectivity index (χ3n) is 4.50. The predicted octanol–water partition coefficient (Wildman–Crippen LogP) is 3.29. The summed E-state index contributed by atoms with van der Waals surface area (Å²) >= 11 is 0. The summed E-state index contributed by atoms with van der Waals surface area (Å²) < 4.78 is 38.4. The van der Waals surface area contributed by atoms with Crippen molar-refractivity contribution in [2.24, 2.45) is 0 Å². The molecule has 140 valence electrons. The number of alkyl halides is 3. The van der Waals surface area contributed by atoms with E-state index >= 15 is 0 Å². The number of aromatic nitrogens is 3. The van der Waals surface area contributed by atoms with Gasteiger partial charge in [-0.05, 0) is 37.5 Å². The predicted molar refractivity (Wildman–Crippen MR) is 88.6 cm³/mol. The van der Waals surface area contributed by atoms with E-state index in [9.17, 15) is 23.4 Å². The van der Waals surface area contributed by atoms with Crippen molar-refractivity contribution in [1.29, 1.82) is 0 Å². The molecule has 0 amide bonds. The van der Waals surface area contributed by atoms with Gasteiger partial charge in [0.25, 0.3) is 0 Å². The van der Waals surface area contributed by atoms with Crippen molar-refractivity contribution >= 4 is 5.95 Å². The molecule has 1 aromatic heterocycles. The number of phenolic OH excluding ortho intramolecular Hbond substituents is 1. The minimum Gasteiger partial charge on any atom is -0.507 e. The molecule has 3 N–H and O–H groups in total. The maximum atomic E-state index is 12.8. The molecule has 2 atom stereocenters. The van der Waals surface area contributed by atoms with E-state index in [1.165, 1.54) is 13.1 Å². The Morgan fingerprint density at radius 3 is 2.46 bits per heavy atom. The summed E-state index contributed by atoms with van der Waals surface area (Å²) in [6, 6.07) is 1.45. The maximum absolute atomic E-state index is 12.8. The molecule has 1 fully saturated rings. The van der Waals surface area contributed by atoms with Crippen LogP contribution < -0.4 is 5.32 Å². The highest BCUT2D eigenvalue weighted by atomic mass is 19.4. The monoisotopic (exact) mass is 368 g/mol. The van der Waals surface area contributed by atoms with Crippen LogP contribution in [-0.4, -0.2) is 37.5 Å². The van der Waals surface area contributed by atoms with Gasteiger partial charge in [0.05, 0.1) is 23.9 Å². The number of aryl methyl sites for hydroxylation is 1. The molecule has 0 spiro atoms. The van der Waals surface area contributed by atoms with Gasteiger partial charge in [0.1, 0.15) is 11.4 Å². The highest BCUT2D eigenvalue weighted by molar-refractivity contribution is 5.70. The second-order valence-corrected chi connectivity index (χ2v) is 6.45. The Labute approximate surface area is 148 Å². The van der Waals surface area contributed by atoms with Crippen molar-refractivity contribution in [3.05, 3.63) is 29.5 Å². The molecule has 6 nitrogen and oxygen atoms in total. The van der Waals surface area contributed by atoms with E-state index in [1.54, 1.807) is 0 Å². The van der Waals surface area contributed by atoms with Gasteiger partial charge in [-0.1, -0.05) is 12.8 Å².